The maximum absolute atomic E-state index is 13.4. The number of ether oxygens (including phenoxy) is 2. The minimum Gasteiger partial charge on any atom is -0.486 e. The highest BCUT2D eigenvalue weighted by atomic mass is 16.6. The van der Waals surface area contributed by atoms with Crippen LogP contribution in [0.3, 0.4) is 0 Å². The van der Waals surface area contributed by atoms with Gasteiger partial charge in [0.15, 0.2) is 17.3 Å². The molecule has 164 valence electrons. The SMILES string of the molecule is Cc1ccc(C(=O)N2CCCC2c2ccc3c(c2)OCCO3)cc1NC(=O)c1ccco1. The number of likely N-dealkylation sites (tertiary alicyclic amines) is 1. The molecular formula is C25H24N2O5. The van der Waals surface area contributed by atoms with E-state index in [2.05, 4.69) is 5.32 Å². The first-order chi connectivity index (χ1) is 15.6. The van der Waals surface area contributed by atoms with E-state index in [1.807, 2.05) is 36.1 Å². The van der Waals surface area contributed by atoms with Crippen LogP contribution in [0.5, 0.6) is 11.5 Å². The molecule has 1 N–H and O–H groups in total. The minimum absolute atomic E-state index is 0.0270. The third-order valence-corrected chi connectivity index (χ3v) is 5.94. The van der Waals surface area contributed by atoms with Crippen LogP contribution in [0.1, 0.15) is 50.9 Å². The third kappa shape index (κ3) is 3.82. The zero-order valence-electron chi connectivity index (χ0n) is 17.8. The number of aryl methyl sites for hydroxylation is 1. The molecule has 2 aliphatic heterocycles. The van der Waals surface area contributed by atoms with Crippen molar-refractivity contribution in [2.75, 3.05) is 25.1 Å². The Kier molecular flexibility index (Phi) is 5.31. The Bertz CT molecular complexity index is 1160. The zero-order valence-corrected chi connectivity index (χ0v) is 17.8. The van der Waals surface area contributed by atoms with Crippen molar-refractivity contribution < 1.29 is 23.5 Å². The van der Waals surface area contributed by atoms with E-state index in [9.17, 15) is 9.59 Å². The molecule has 3 aromatic rings. The predicted molar refractivity (Wildman–Crippen MR) is 118 cm³/mol. The number of carbonyl (C=O) groups is 2. The van der Waals surface area contributed by atoms with E-state index in [-0.39, 0.29) is 23.6 Å². The lowest BCUT2D eigenvalue weighted by molar-refractivity contribution is 0.0735. The van der Waals surface area contributed by atoms with Gasteiger partial charge in [-0.15, -0.1) is 0 Å². The van der Waals surface area contributed by atoms with Crippen molar-refractivity contribution in [3.05, 3.63) is 77.2 Å². The van der Waals surface area contributed by atoms with Gasteiger partial charge >= 0.3 is 0 Å². The van der Waals surface area contributed by atoms with Crippen molar-refractivity contribution in [3.8, 4) is 11.5 Å². The van der Waals surface area contributed by atoms with Gasteiger partial charge in [0.2, 0.25) is 0 Å². The van der Waals surface area contributed by atoms with Gasteiger partial charge in [-0.05, 0) is 67.3 Å². The number of furan rings is 1. The number of rotatable bonds is 4. The fourth-order valence-electron chi connectivity index (χ4n) is 4.27. The van der Waals surface area contributed by atoms with Crippen LogP contribution < -0.4 is 14.8 Å². The average molecular weight is 432 g/mol. The summed E-state index contributed by atoms with van der Waals surface area (Å²) in [5.41, 5.74) is 3.03. The van der Waals surface area contributed by atoms with Crippen molar-refractivity contribution in [1.82, 2.24) is 4.90 Å². The monoisotopic (exact) mass is 432 g/mol. The Morgan fingerprint density at radius 2 is 1.88 bits per heavy atom. The van der Waals surface area contributed by atoms with E-state index in [1.54, 1.807) is 24.3 Å². The van der Waals surface area contributed by atoms with Gasteiger partial charge in [0.1, 0.15) is 13.2 Å². The molecule has 1 atom stereocenters. The van der Waals surface area contributed by atoms with E-state index in [0.717, 1.165) is 35.5 Å². The highest BCUT2D eigenvalue weighted by Crippen LogP contribution is 2.38. The summed E-state index contributed by atoms with van der Waals surface area (Å²) in [6.07, 6.45) is 3.27. The smallest absolute Gasteiger partial charge is 0.291 e. The van der Waals surface area contributed by atoms with Crippen LogP contribution in [0.25, 0.3) is 0 Å². The molecule has 7 nitrogen and oxygen atoms in total. The lowest BCUT2D eigenvalue weighted by Gasteiger charge is -2.27. The molecule has 0 aliphatic carbocycles. The van der Waals surface area contributed by atoms with Gasteiger partial charge in [-0.1, -0.05) is 12.1 Å². The summed E-state index contributed by atoms with van der Waals surface area (Å²) in [6, 6.07) is 14.5. The molecule has 1 fully saturated rings. The molecule has 2 aliphatic rings. The molecule has 0 saturated carbocycles. The van der Waals surface area contributed by atoms with Crippen LogP contribution in [0.2, 0.25) is 0 Å². The second-order valence-corrected chi connectivity index (χ2v) is 8.02. The highest BCUT2D eigenvalue weighted by Gasteiger charge is 2.31. The van der Waals surface area contributed by atoms with Gasteiger partial charge in [-0.25, -0.2) is 0 Å². The Balaban J connectivity index is 1.38. The summed E-state index contributed by atoms with van der Waals surface area (Å²) in [6.45, 7) is 3.64. The number of anilines is 1. The molecule has 7 heteroatoms. The number of nitrogens with one attached hydrogen (secondary N) is 1. The molecule has 0 spiro atoms. The fourth-order valence-corrected chi connectivity index (χ4v) is 4.27. The van der Waals surface area contributed by atoms with Crippen molar-refractivity contribution in [3.63, 3.8) is 0 Å². The van der Waals surface area contributed by atoms with Crippen molar-refractivity contribution in [2.24, 2.45) is 0 Å². The topological polar surface area (TPSA) is 81.0 Å². The number of hydrogen-bond donors (Lipinski definition) is 1. The molecule has 2 amide bonds. The summed E-state index contributed by atoms with van der Waals surface area (Å²) < 4.78 is 16.5. The fraction of sp³-hybridized carbons (Fsp3) is 0.280. The number of amides is 2. The van der Waals surface area contributed by atoms with Crippen LogP contribution in [0.4, 0.5) is 5.69 Å². The zero-order chi connectivity index (χ0) is 22.1. The van der Waals surface area contributed by atoms with Crippen LogP contribution in [0, 0.1) is 6.92 Å². The molecule has 0 bridgehead atoms. The number of carbonyl (C=O) groups excluding carboxylic acids is 2. The summed E-state index contributed by atoms with van der Waals surface area (Å²) in [7, 11) is 0. The number of benzene rings is 2. The van der Waals surface area contributed by atoms with E-state index >= 15 is 0 Å². The number of fused-ring (bicyclic) bond motifs is 1. The molecule has 1 aromatic heterocycles. The van der Waals surface area contributed by atoms with Gasteiger partial charge in [-0.2, -0.15) is 0 Å². The Hall–Kier alpha value is -3.74. The van der Waals surface area contributed by atoms with Gasteiger partial charge in [0.05, 0.1) is 12.3 Å². The summed E-state index contributed by atoms with van der Waals surface area (Å²) in [4.78, 5) is 27.7. The predicted octanol–water partition coefficient (Wildman–Crippen LogP) is 4.59. The van der Waals surface area contributed by atoms with Gasteiger partial charge in [0.25, 0.3) is 11.8 Å². The lowest BCUT2D eigenvalue weighted by Crippen LogP contribution is -2.30. The van der Waals surface area contributed by atoms with Crippen molar-refractivity contribution in [1.29, 1.82) is 0 Å². The second-order valence-electron chi connectivity index (χ2n) is 8.02. The molecule has 1 saturated heterocycles. The number of hydrogen-bond acceptors (Lipinski definition) is 5. The highest BCUT2D eigenvalue weighted by molar-refractivity contribution is 6.04. The lowest BCUT2D eigenvalue weighted by atomic mass is 10.0. The maximum atomic E-state index is 13.4. The average Bonchev–Trinajstić information content (AvgIpc) is 3.52. The van der Waals surface area contributed by atoms with Gasteiger partial charge in [0, 0.05) is 17.8 Å². The van der Waals surface area contributed by atoms with Crippen molar-refractivity contribution in [2.45, 2.75) is 25.8 Å². The van der Waals surface area contributed by atoms with Crippen LogP contribution in [0.15, 0.2) is 59.2 Å². The standard InChI is InChI=1S/C25H24N2O5/c1-16-6-7-18(14-19(16)26-24(28)22-5-3-11-30-22)25(29)27-10-2-4-20(27)17-8-9-21-23(15-17)32-13-12-31-21/h3,5-9,11,14-15,20H,2,4,10,12-13H2,1H3,(H,26,28). The van der Waals surface area contributed by atoms with Crippen LogP contribution >= 0.6 is 0 Å². The van der Waals surface area contributed by atoms with Gasteiger partial charge < -0.3 is 24.1 Å². The van der Waals surface area contributed by atoms with E-state index < -0.39 is 0 Å². The van der Waals surface area contributed by atoms with Crippen LogP contribution in [-0.2, 0) is 0 Å². The third-order valence-electron chi connectivity index (χ3n) is 5.94. The molecule has 0 radical (unpaired) electrons. The first-order valence-corrected chi connectivity index (χ1v) is 10.8. The minimum atomic E-state index is -0.349. The molecule has 1 unspecified atom stereocenters. The second kappa shape index (κ2) is 8.42. The maximum Gasteiger partial charge on any atom is 0.291 e. The van der Waals surface area contributed by atoms with E-state index in [4.69, 9.17) is 13.9 Å². The molecule has 32 heavy (non-hydrogen) atoms. The molecule has 3 heterocycles. The normalized spacial score (nSPS) is 17.3. The summed E-state index contributed by atoms with van der Waals surface area (Å²) in [5.74, 6) is 1.28. The number of nitrogens with zero attached hydrogens (tertiary/aromatic N) is 1. The molecule has 2 aromatic carbocycles. The van der Waals surface area contributed by atoms with E-state index in [1.165, 1.54) is 6.26 Å². The first-order valence-electron chi connectivity index (χ1n) is 10.8. The molecule has 5 rings (SSSR count). The van der Waals surface area contributed by atoms with E-state index in [0.29, 0.717) is 31.0 Å². The molecular weight excluding hydrogens is 408 g/mol. The Labute approximate surface area is 185 Å². The first kappa shape index (κ1) is 20.2. The Morgan fingerprint density at radius 3 is 2.69 bits per heavy atom. The summed E-state index contributed by atoms with van der Waals surface area (Å²) >= 11 is 0. The largest absolute Gasteiger partial charge is 0.486 e. The van der Waals surface area contributed by atoms with Crippen LogP contribution in [-0.4, -0.2) is 36.5 Å². The van der Waals surface area contributed by atoms with Gasteiger partial charge in [-0.3, -0.25) is 9.59 Å². The Morgan fingerprint density at radius 1 is 1.03 bits per heavy atom. The quantitative estimate of drug-likeness (QED) is 0.652. The summed E-state index contributed by atoms with van der Waals surface area (Å²) in [5, 5.41) is 2.84. The van der Waals surface area contributed by atoms with Crippen molar-refractivity contribution >= 4 is 17.5 Å².